The largest absolute Gasteiger partial charge is 0.383 e. The van der Waals surface area contributed by atoms with Crippen molar-refractivity contribution in [2.75, 3.05) is 39.9 Å². The minimum atomic E-state index is -3.48. The first-order chi connectivity index (χ1) is 11.8. The third-order valence-electron chi connectivity index (χ3n) is 5.45. The van der Waals surface area contributed by atoms with Crippen LogP contribution < -0.4 is 4.72 Å². The first-order valence-corrected chi connectivity index (χ1v) is 10.5. The van der Waals surface area contributed by atoms with E-state index in [1.54, 1.807) is 7.11 Å². The molecule has 0 atom stereocenters. The van der Waals surface area contributed by atoms with Gasteiger partial charge < -0.3 is 9.64 Å². The van der Waals surface area contributed by atoms with Crippen molar-refractivity contribution in [3.05, 3.63) is 28.3 Å². The molecule has 2 rings (SSSR count). The first-order valence-electron chi connectivity index (χ1n) is 9.04. The maximum atomic E-state index is 12.9. The van der Waals surface area contributed by atoms with Gasteiger partial charge in [-0.25, -0.2) is 13.1 Å². The lowest BCUT2D eigenvalue weighted by Crippen LogP contribution is -2.40. The van der Waals surface area contributed by atoms with Gasteiger partial charge in [0.15, 0.2) is 0 Å². The van der Waals surface area contributed by atoms with Crippen molar-refractivity contribution in [3.8, 4) is 0 Å². The molecule has 1 aliphatic rings. The van der Waals surface area contributed by atoms with E-state index in [-0.39, 0.29) is 0 Å². The molecule has 1 heterocycles. The fourth-order valence-electron chi connectivity index (χ4n) is 3.52. The van der Waals surface area contributed by atoms with Gasteiger partial charge in [-0.15, -0.1) is 0 Å². The van der Waals surface area contributed by atoms with Crippen LogP contribution in [0, 0.1) is 33.6 Å². The molecule has 5 nitrogen and oxygen atoms in total. The smallest absolute Gasteiger partial charge is 0.241 e. The van der Waals surface area contributed by atoms with E-state index in [2.05, 4.69) is 15.7 Å². The van der Waals surface area contributed by atoms with Gasteiger partial charge >= 0.3 is 0 Å². The molecule has 1 N–H and O–H groups in total. The zero-order chi connectivity index (χ0) is 18.6. The van der Waals surface area contributed by atoms with Crippen LogP contribution in [0.1, 0.15) is 35.1 Å². The van der Waals surface area contributed by atoms with Gasteiger partial charge in [0, 0.05) is 20.2 Å². The first kappa shape index (κ1) is 20.4. The summed E-state index contributed by atoms with van der Waals surface area (Å²) in [5.41, 5.74) is 3.75. The maximum absolute atomic E-state index is 12.9. The molecule has 1 saturated heterocycles. The number of hydrogen-bond donors (Lipinski definition) is 1. The lowest BCUT2D eigenvalue weighted by atomic mass is 9.97. The second kappa shape index (κ2) is 8.62. The van der Waals surface area contributed by atoms with E-state index in [1.165, 1.54) is 0 Å². The van der Waals surface area contributed by atoms with Crippen LogP contribution in [0.15, 0.2) is 11.0 Å². The topological polar surface area (TPSA) is 58.6 Å². The van der Waals surface area contributed by atoms with Crippen LogP contribution in [0.3, 0.4) is 0 Å². The number of hydrogen-bond acceptors (Lipinski definition) is 4. The highest BCUT2D eigenvalue weighted by molar-refractivity contribution is 7.89. The predicted molar refractivity (Wildman–Crippen MR) is 102 cm³/mol. The van der Waals surface area contributed by atoms with E-state index in [0.29, 0.717) is 17.4 Å². The molecule has 0 unspecified atom stereocenters. The third-order valence-corrected chi connectivity index (χ3v) is 7.14. The van der Waals surface area contributed by atoms with Crippen molar-refractivity contribution in [1.29, 1.82) is 0 Å². The van der Waals surface area contributed by atoms with Gasteiger partial charge in [-0.05, 0) is 81.8 Å². The summed E-state index contributed by atoms with van der Waals surface area (Å²) in [6.07, 6.45) is 2.05. The second-order valence-electron chi connectivity index (χ2n) is 7.22. The van der Waals surface area contributed by atoms with Crippen LogP contribution in [0.5, 0.6) is 0 Å². The maximum Gasteiger partial charge on any atom is 0.241 e. The number of nitrogens with zero attached hydrogens (tertiary/aromatic N) is 1. The minimum Gasteiger partial charge on any atom is -0.383 e. The average molecular weight is 369 g/mol. The molecule has 0 saturated carbocycles. The standard InChI is InChI=1S/C19H32N2O3S/c1-14-12-15(2)17(4)19(16(14)3)25(22,23)20-13-18-6-8-21(9-7-18)10-11-24-5/h12,18,20H,6-11,13H2,1-5H3. The van der Waals surface area contributed by atoms with E-state index < -0.39 is 10.0 Å². The molecule has 0 aromatic heterocycles. The molecule has 0 amide bonds. The Bertz CT molecular complexity index is 667. The number of likely N-dealkylation sites (tertiary alicyclic amines) is 1. The summed E-state index contributed by atoms with van der Waals surface area (Å²) in [5, 5.41) is 0. The summed E-state index contributed by atoms with van der Waals surface area (Å²) in [7, 11) is -1.76. The normalized spacial score (nSPS) is 17.2. The third kappa shape index (κ3) is 5.03. The highest BCUT2D eigenvalue weighted by Crippen LogP contribution is 2.26. The van der Waals surface area contributed by atoms with Crippen LogP contribution in [-0.4, -0.2) is 53.2 Å². The Kier molecular flexibility index (Phi) is 7.02. The summed E-state index contributed by atoms with van der Waals surface area (Å²) in [6, 6.07) is 2.05. The molecule has 1 fully saturated rings. The number of sulfonamides is 1. The van der Waals surface area contributed by atoms with Gasteiger partial charge in [0.05, 0.1) is 11.5 Å². The number of rotatable bonds is 7. The molecule has 0 aliphatic carbocycles. The summed E-state index contributed by atoms with van der Waals surface area (Å²) >= 11 is 0. The molecule has 0 radical (unpaired) electrons. The second-order valence-corrected chi connectivity index (χ2v) is 8.92. The van der Waals surface area contributed by atoms with Gasteiger partial charge in [-0.1, -0.05) is 6.07 Å². The quantitative estimate of drug-likeness (QED) is 0.804. The highest BCUT2D eigenvalue weighted by Gasteiger charge is 2.25. The highest BCUT2D eigenvalue weighted by atomic mass is 32.2. The monoisotopic (exact) mass is 368 g/mol. The van der Waals surface area contributed by atoms with Crippen LogP contribution in [-0.2, 0) is 14.8 Å². The number of ether oxygens (including phenoxy) is 1. The Morgan fingerprint density at radius 3 is 2.20 bits per heavy atom. The van der Waals surface area contributed by atoms with Crippen molar-refractivity contribution in [1.82, 2.24) is 9.62 Å². The van der Waals surface area contributed by atoms with E-state index in [4.69, 9.17) is 4.74 Å². The van der Waals surface area contributed by atoms with Crippen molar-refractivity contribution < 1.29 is 13.2 Å². The van der Waals surface area contributed by atoms with Crippen molar-refractivity contribution in [2.45, 2.75) is 45.4 Å². The summed E-state index contributed by atoms with van der Waals surface area (Å²) in [4.78, 5) is 2.84. The van der Waals surface area contributed by atoms with Gasteiger partial charge in [0.2, 0.25) is 10.0 Å². The molecule has 1 aliphatic heterocycles. The zero-order valence-electron chi connectivity index (χ0n) is 16.2. The molecular weight excluding hydrogens is 336 g/mol. The van der Waals surface area contributed by atoms with E-state index >= 15 is 0 Å². The summed E-state index contributed by atoms with van der Waals surface area (Å²) < 4.78 is 33.8. The number of nitrogens with one attached hydrogen (secondary N) is 1. The SMILES string of the molecule is COCCN1CCC(CNS(=O)(=O)c2c(C)c(C)cc(C)c2C)CC1. The minimum absolute atomic E-state index is 0.403. The van der Waals surface area contributed by atoms with Gasteiger partial charge in [0.25, 0.3) is 0 Å². The fourth-order valence-corrected chi connectivity index (χ4v) is 5.25. The summed E-state index contributed by atoms with van der Waals surface area (Å²) in [5.74, 6) is 0.403. The van der Waals surface area contributed by atoms with E-state index in [0.717, 1.165) is 61.3 Å². The van der Waals surface area contributed by atoms with Gasteiger partial charge in [-0.2, -0.15) is 0 Å². The Morgan fingerprint density at radius 2 is 1.68 bits per heavy atom. The number of benzene rings is 1. The summed E-state index contributed by atoms with van der Waals surface area (Å²) in [6.45, 7) is 12.0. The molecule has 6 heteroatoms. The van der Waals surface area contributed by atoms with Crippen molar-refractivity contribution in [3.63, 3.8) is 0 Å². The van der Waals surface area contributed by atoms with Crippen molar-refractivity contribution >= 4 is 10.0 Å². The average Bonchev–Trinajstić information content (AvgIpc) is 2.57. The molecule has 1 aromatic rings. The Morgan fingerprint density at radius 1 is 1.12 bits per heavy atom. The van der Waals surface area contributed by atoms with Crippen LogP contribution in [0.25, 0.3) is 0 Å². The number of piperidine rings is 1. The number of aryl methyl sites for hydroxylation is 2. The molecule has 1 aromatic carbocycles. The van der Waals surface area contributed by atoms with E-state index in [1.807, 2.05) is 27.7 Å². The van der Waals surface area contributed by atoms with Crippen LogP contribution in [0.2, 0.25) is 0 Å². The zero-order valence-corrected chi connectivity index (χ0v) is 17.0. The predicted octanol–water partition coefficient (Wildman–Crippen LogP) is 2.56. The lowest BCUT2D eigenvalue weighted by Gasteiger charge is -2.31. The lowest BCUT2D eigenvalue weighted by molar-refractivity contribution is 0.121. The molecule has 142 valence electrons. The van der Waals surface area contributed by atoms with Crippen molar-refractivity contribution in [2.24, 2.45) is 5.92 Å². The van der Waals surface area contributed by atoms with Gasteiger partial charge in [-0.3, -0.25) is 0 Å². The Hall–Kier alpha value is -0.950. The Labute approximate surface area is 152 Å². The van der Waals surface area contributed by atoms with Crippen LogP contribution in [0.4, 0.5) is 0 Å². The molecule has 25 heavy (non-hydrogen) atoms. The molecule has 0 bridgehead atoms. The van der Waals surface area contributed by atoms with E-state index in [9.17, 15) is 8.42 Å². The molecular formula is C19H32N2O3S. The Balaban J connectivity index is 2.00. The van der Waals surface area contributed by atoms with Crippen LogP contribution >= 0.6 is 0 Å². The van der Waals surface area contributed by atoms with Gasteiger partial charge in [0.1, 0.15) is 0 Å². The number of methoxy groups -OCH3 is 1. The molecule has 0 spiro atoms. The fraction of sp³-hybridized carbons (Fsp3) is 0.684.